The summed E-state index contributed by atoms with van der Waals surface area (Å²) in [6.07, 6.45) is 0.586. The number of hydrogen-bond acceptors (Lipinski definition) is 6. The Morgan fingerprint density at radius 3 is 2.36 bits per heavy atom. The van der Waals surface area contributed by atoms with Crippen molar-refractivity contribution in [2.45, 2.75) is 37.6 Å². The molecule has 1 rings (SSSR count). The number of nitrogens with one attached hydrogen (secondary N) is 1. The van der Waals surface area contributed by atoms with Gasteiger partial charge in [-0.2, -0.15) is 0 Å². The molecule has 1 aromatic carbocycles. The third kappa shape index (κ3) is 6.14. The van der Waals surface area contributed by atoms with E-state index in [0.29, 0.717) is 6.42 Å². The molecule has 1 aromatic rings. The molecule has 0 aromatic heterocycles. The van der Waals surface area contributed by atoms with Crippen molar-refractivity contribution in [3.8, 4) is 5.75 Å². The Morgan fingerprint density at radius 1 is 1.32 bits per heavy atom. The molecule has 0 amide bonds. The zero-order chi connectivity index (χ0) is 18.5. The number of rotatable bonds is 8. The van der Waals surface area contributed by atoms with E-state index in [4.69, 9.17) is 10.5 Å². The highest BCUT2D eigenvalue weighted by Gasteiger charge is 2.31. The number of methoxy groups -OCH3 is 2. The number of halogens is 1. The Bertz CT molecular complexity index is 694. The summed E-state index contributed by atoms with van der Waals surface area (Å²) in [6.45, 7) is 5.90. The van der Waals surface area contributed by atoms with Crippen molar-refractivity contribution in [1.82, 2.24) is 4.72 Å². The van der Waals surface area contributed by atoms with Crippen molar-refractivity contribution < 1.29 is 22.7 Å². The van der Waals surface area contributed by atoms with Crippen molar-refractivity contribution >= 4 is 28.4 Å². The number of hydrogen-bond donors (Lipinski definition) is 2. The quantitative estimate of drug-likeness (QED) is 0.652. The third-order valence-electron chi connectivity index (χ3n) is 3.58. The van der Waals surface area contributed by atoms with Gasteiger partial charge in [-0.15, -0.1) is 12.4 Å². The zero-order valence-corrected chi connectivity index (χ0v) is 16.8. The second-order valence-electron chi connectivity index (χ2n) is 6.32. The van der Waals surface area contributed by atoms with Gasteiger partial charge in [0.15, 0.2) is 0 Å². The van der Waals surface area contributed by atoms with Crippen molar-refractivity contribution in [2.24, 2.45) is 11.7 Å². The molecule has 0 heterocycles. The number of esters is 1. The van der Waals surface area contributed by atoms with Gasteiger partial charge in [0.05, 0.1) is 19.1 Å². The topological polar surface area (TPSA) is 108 Å². The van der Waals surface area contributed by atoms with Crippen molar-refractivity contribution in [2.75, 3.05) is 20.8 Å². The highest BCUT2D eigenvalue weighted by molar-refractivity contribution is 7.89. The highest BCUT2D eigenvalue weighted by atomic mass is 35.5. The molecule has 3 N–H and O–H groups in total. The molecule has 0 saturated carbocycles. The van der Waals surface area contributed by atoms with Gasteiger partial charge in [-0.1, -0.05) is 13.8 Å². The van der Waals surface area contributed by atoms with Gasteiger partial charge in [-0.3, -0.25) is 0 Å². The monoisotopic (exact) mass is 394 g/mol. The van der Waals surface area contributed by atoms with E-state index in [-0.39, 0.29) is 41.1 Å². The summed E-state index contributed by atoms with van der Waals surface area (Å²) in [7, 11) is -1.25. The minimum atomic E-state index is -3.86. The second kappa shape index (κ2) is 9.38. The molecule has 7 nitrogen and oxygen atoms in total. The Labute approximate surface area is 155 Å². The molecular weight excluding hydrogens is 368 g/mol. The van der Waals surface area contributed by atoms with Gasteiger partial charge in [0.25, 0.3) is 0 Å². The summed E-state index contributed by atoms with van der Waals surface area (Å²) >= 11 is 0. The third-order valence-corrected chi connectivity index (χ3v) is 5.21. The Balaban J connectivity index is 0.00000576. The lowest BCUT2D eigenvalue weighted by Gasteiger charge is -2.30. The Morgan fingerprint density at radius 2 is 1.92 bits per heavy atom. The molecule has 1 unspecified atom stereocenters. The van der Waals surface area contributed by atoms with E-state index in [0.717, 1.165) is 0 Å². The van der Waals surface area contributed by atoms with Crippen LogP contribution in [0.25, 0.3) is 0 Å². The van der Waals surface area contributed by atoms with Crippen LogP contribution in [-0.2, 0) is 14.8 Å². The number of carbonyl (C=O) groups is 1. The minimum absolute atomic E-state index is 0. The summed E-state index contributed by atoms with van der Waals surface area (Å²) in [5.41, 5.74) is 5.03. The van der Waals surface area contributed by atoms with Crippen LogP contribution in [0.5, 0.6) is 5.75 Å². The van der Waals surface area contributed by atoms with Gasteiger partial charge in [-0.05, 0) is 37.5 Å². The number of benzene rings is 1. The van der Waals surface area contributed by atoms with Crippen LogP contribution in [0.2, 0.25) is 0 Å². The maximum absolute atomic E-state index is 12.7. The van der Waals surface area contributed by atoms with E-state index in [1.807, 2.05) is 13.8 Å². The van der Waals surface area contributed by atoms with E-state index in [9.17, 15) is 13.2 Å². The zero-order valence-electron chi connectivity index (χ0n) is 15.2. The summed E-state index contributed by atoms with van der Waals surface area (Å²) in [5, 5.41) is 0. The van der Waals surface area contributed by atoms with Crippen molar-refractivity contribution in [1.29, 1.82) is 0 Å². The standard InChI is InChI=1S/C16H26N2O5S.ClH/c1-11(2)9-16(3,10-17)18-24(20,21)12-6-7-14(22-4)13(8-12)15(19)23-5;/h6-8,11,18H,9-10,17H2,1-5H3;1H. The number of sulfonamides is 1. The van der Waals surface area contributed by atoms with Crippen LogP contribution in [0.3, 0.4) is 0 Å². The summed E-state index contributed by atoms with van der Waals surface area (Å²) < 4.78 is 37.8. The molecule has 0 aliphatic heterocycles. The highest BCUT2D eigenvalue weighted by Crippen LogP contribution is 2.25. The van der Waals surface area contributed by atoms with E-state index in [1.54, 1.807) is 6.92 Å². The fourth-order valence-corrected chi connectivity index (χ4v) is 4.03. The van der Waals surface area contributed by atoms with Crippen LogP contribution in [0.15, 0.2) is 23.1 Å². The average molecular weight is 395 g/mol. The van der Waals surface area contributed by atoms with Crippen LogP contribution >= 0.6 is 12.4 Å². The number of nitrogens with two attached hydrogens (primary N) is 1. The first-order valence-electron chi connectivity index (χ1n) is 7.59. The lowest BCUT2D eigenvalue weighted by Crippen LogP contribution is -2.52. The van der Waals surface area contributed by atoms with Crippen LogP contribution in [0.1, 0.15) is 37.6 Å². The van der Waals surface area contributed by atoms with Gasteiger partial charge < -0.3 is 15.2 Å². The fraction of sp³-hybridized carbons (Fsp3) is 0.562. The minimum Gasteiger partial charge on any atom is -0.496 e. The van der Waals surface area contributed by atoms with Crippen LogP contribution in [0, 0.1) is 5.92 Å². The van der Waals surface area contributed by atoms with Gasteiger partial charge >= 0.3 is 5.97 Å². The Kier molecular flexibility index (Phi) is 8.87. The molecule has 0 radical (unpaired) electrons. The summed E-state index contributed by atoms with van der Waals surface area (Å²) in [4.78, 5) is 11.8. The molecule has 0 spiro atoms. The number of carbonyl (C=O) groups excluding carboxylic acids is 1. The molecule has 1 atom stereocenters. The van der Waals surface area contributed by atoms with Crippen molar-refractivity contribution in [3.63, 3.8) is 0 Å². The predicted octanol–water partition coefficient (Wildman–Crippen LogP) is 1.95. The first kappa shape index (κ1) is 23.6. The van der Waals surface area contributed by atoms with Crippen LogP contribution < -0.4 is 15.2 Å². The molecule has 0 bridgehead atoms. The van der Waals surface area contributed by atoms with Crippen molar-refractivity contribution in [3.05, 3.63) is 23.8 Å². The largest absolute Gasteiger partial charge is 0.496 e. The molecule has 144 valence electrons. The van der Waals surface area contributed by atoms with Gasteiger partial charge in [0.2, 0.25) is 10.0 Å². The Hall–Kier alpha value is -1.35. The van der Waals surface area contributed by atoms with Gasteiger partial charge in [-0.25, -0.2) is 17.9 Å². The normalized spacial score (nSPS) is 13.7. The predicted molar refractivity (Wildman–Crippen MR) is 98.8 cm³/mol. The smallest absolute Gasteiger partial charge is 0.341 e. The lowest BCUT2D eigenvalue weighted by molar-refractivity contribution is 0.0597. The van der Waals surface area contributed by atoms with Gasteiger partial charge in [0, 0.05) is 12.1 Å². The first-order chi connectivity index (χ1) is 11.1. The summed E-state index contributed by atoms with van der Waals surface area (Å²) in [5.74, 6) is -0.167. The van der Waals surface area contributed by atoms with E-state index in [2.05, 4.69) is 9.46 Å². The molecule has 25 heavy (non-hydrogen) atoms. The fourth-order valence-electron chi connectivity index (χ4n) is 2.57. The number of ether oxygens (including phenoxy) is 2. The van der Waals surface area contributed by atoms with E-state index in [1.165, 1.54) is 32.4 Å². The van der Waals surface area contributed by atoms with Crippen LogP contribution in [-0.4, -0.2) is 40.7 Å². The molecule has 0 aliphatic carbocycles. The maximum atomic E-state index is 12.7. The van der Waals surface area contributed by atoms with Crippen LogP contribution in [0.4, 0.5) is 0 Å². The molecule has 9 heteroatoms. The lowest BCUT2D eigenvalue weighted by atomic mass is 9.92. The SMILES string of the molecule is COC(=O)c1cc(S(=O)(=O)NC(C)(CN)CC(C)C)ccc1OC.Cl. The molecule has 0 aliphatic rings. The van der Waals surface area contributed by atoms with E-state index < -0.39 is 21.5 Å². The summed E-state index contributed by atoms with van der Waals surface area (Å²) in [6, 6.07) is 4.03. The molecular formula is C16H27ClN2O5S. The maximum Gasteiger partial charge on any atom is 0.341 e. The average Bonchev–Trinajstić information content (AvgIpc) is 2.52. The van der Waals surface area contributed by atoms with Gasteiger partial charge in [0.1, 0.15) is 11.3 Å². The second-order valence-corrected chi connectivity index (χ2v) is 8.00. The first-order valence-corrected chi connectivity index (χ1v) is 9.07. The molecule has 0 saturated heterocycles. The van der Waals surface area contributed by atoms with E-state index >= 15 is 0 Å². The molecule has 0 fully saturated rings.